The maximum absolute atomic E-state index is 5.85. The molecular formula is C10H6BrN3OS. The van der Waals surface area contributed by atoms with Crippen molar-refractivity contribution >= 4 is 43.3 Å². The van der Waals surface area contributed by atoms with Crippen molar-refractivity contribution in [1.82, 2.24) is 9.97 Å². The van der Waals surface area contributed by atoms with Crippen LogP contribution in [0.3, 0.4) is 0 Å². The van der Waals surface area contributed by atoms with Crippen LogP contribution in [0.2, 0.25) is 0 Å². The molecule has 3 aromatic heterocycles. The maximum Gasteiger partial charge on any atom is 0.198 e. The highest BCUT2D eigenvalue weighted by Crippen LogP contribution is 2.28. The van der Waals surface area contributed by atoms with E-state index in [-0.39, 0.29) is 0 Å². The minimum Gasteiger partial charge on any atom is -0.446 e. The average Bonchev–Trinajstić information content (AvgIpc) is 2.85. The number of aromatic nitrogens is 2. The number of nitrogens with zero attached hydrogens (tertiary/aromatic N) is 2. The lowest BCUT2D eigenvalue weighted by molar-refractivity contribution is 0.551. The zero-order chi connectivity index (χ0) is 11.1. The molecule has 0 spiro atoms. The number of nitrogens with two attached hydrogens (primary N) is 1. The standard InChI is InChI=1S/C10H6BrN3OS/c11-7-2-1-6(15-7)10-13-5-3-4-16-8(5)9(12)14-10/h1-4H,(H2,12,13,14). The minimum atomic E-state index is 0.488. The molecule has 0 radical (unpaired) electrons. The molecule has 0 atom stereocenters. The third kappa shape index (κ3) is 1.50. The van der Waals surface area contributed by atoms with E-state index in [1.807, 2.05) is 11.4 Å². The van der Waals surface area contributed by atoms with Crippen molar-refractivity contribution in [1.29, 1.82) is 0 Å². The van der Waals surface area contributed by atoms with E-state index in [1.165, 1.54) is 11.3 Å². The van der Waals surface area contributed by atoms with Gasteiger partial charge in [-0.1, -0.05) is 0 Å². The quantitative estimate of drug-likeness (QED) is 0.748. The predicted molar refractivity (Wildman–Crippen MR) is 67.2 cm³/mol. The summed E-state index contributed by atoms with van der Waals surface area (Å²) >= 11 is 4.77. The maximum atomic E-state index is 5.85. The van der Waals surface area contributed by atoms with E-state index in [0.29, 0.717) is 22.1 Å². The number of fused-ring (bicyclic) bond motifs is 1. The Bertz CT molecular complexity index is 661. The molecule has 0 aliphatic rings. The fraction of sp³-hybridized carbons (Fsp3) is 0. The number of halogens is 1. The van der Waals surface area contributed by atoms with E-state index in [1.54, 1.807) is 12.1 Å². The first-order valence-corrected chi connectivity index (χ1v) is 6.18. The molecule has 0 aromatic carbocycles. The lowest BCUT2D eigenvalue weighted by atomic mass is 10.4. The van der Waals surface area contributed by atoms with E-state index in [9.17, 15) is 0 Å². The Hall–Kier alpha value is -1.40. The van der Waals surface area contributed by atoms with Crippen molar-refractivity contribution in [2.75, 3.05) is 5.73 Å². The lowest BCUT2D eigenvalue weighted by Crippen LogP contribution is -1.94. The highest BCUT2D eigenvalue weighted by atomic mass is 79.9. The van der Waals surface area contributed by atoms with Gasteiger partial charge < -0.3 is 10.2 Å². The topological polar surface area (TPSA) is 64.9 Å². The van der Waals surface area contributed by atoms with Gasteiger partial charge in [-0.25, -0.2) is 9.97 Å². The summed E-state index contributed by atoms with van der Waals surface area (Å²) in [6.07, 6.45) is 0. The molecule has 0 fully saturated rings. The third-order valence-corrected chi connectivity index (χ3v) is 3.48. The normalized spacial score (nSPS) is 11.1. The molecule has 3 rings (SSSR count). The average molecular weight is 296 g/mol. The Labute approximate surface area is 103 Å². The summed E-state index contributed by atoms with van der Waals surface area (Å²) in [5, 5.41) is 1.94. The molecule has 0 saturated heterocycles. The van der Waals surface area contributed by atoms with Crippen molar-refractivity contribution in [3.05, 3.63) is 28.2 Å². The van der Waals surface area contributed by atoms with Crippen molar-refractivity contribution in [3.63, 3.8) is 0 Å². The van der Waals surface area contributed by atoms with E-state index in [0.717, 1.165) is 10.2 Å². The molecular weight excluding hydrogens is 290 g/mol. The van der Waals surface area contributed by atoms with Gasteiger partial charge in [-0.15, -0.1) is 11.3 Å². The van der Waals surface area contributed by atoms with Crippen LogP contribution in [0.15, 0.2) is 32.7 Å². The van der Waals surface area contributed by atoms with Gasteiger partial charge in [-0.2, -0.15) is 0 Å². The van der Waals surface area contributed by atoms with Crippen molar-refractivity contribution in [2.24, 2.45) is 0 Å². The molecule has 0 unspecified atom stereocenters. The van der Waals surface area contributed by atoms with Crippen LogP contribution in [-0.4, -0.2) is 9.97 Å². The second-order valence-electron chi connectivity index (χ2n) is 3.17. The van der Waals surface area contributed by atoms with Gasteiger partial charge in [0, 0.05) is 0 Å². The first-order chi connectivity index (χ1) is 7.74. The van der Waals surface area contributed by atoms with Gasteiger partial charge in [0.05, 0.1) is 10.2 Å². The van der Waals surface area contributed by atoms with Crippen molar-refractivity contribution in [3.8, 4) is 11.6 Å². The molecule has 4 nitrogen and oxygen atoms in total. The monoisotopic (exact) mass is 295 g/mol. The van der Waals surface area contributed by atoms with E-state index in [2.05, 4.69) is 25.9 Å². The van der Waals surface area contributed by atoms with Gasteiger partial charge in [0.25, 0.3) is 0 Å². The summed E-state index contributed by atoms with van der Waals surface area (Å²) in [5.74, 6) is 1.60. The predicted octanol–water partition coefficient (Wildman–Crippen LogP) is 3.30. The zero-order valence-electron chi connectivity index (χ0n) is 7.98. The van der Waals surface area contributed by atoms with Crippen LogP contribution in [0, 0.1) is 0 Å². The summed E-state index contributed by atoms with van der Waals surface area (Å²) < 4.78 is 6.95. The second-order valence-corrected chi connectivity index (χ2v) is 4.87. The van der Waals surface area contributed by atoms with E-state index >= 15 is 0 Å². The van der Waals surface area contributed by atoms with E-state index < -0.39 is 0 Å². The van der Waals surface area contributed by atoms with Crippen LogP contribution in [0.25, 0.3) is 21.8 Å². The number of thiophene rings is 1. The summed E-state index contributed by atoms with van der Waals surface area (Å²) in [4.78, 5) is 8.60. The van der Waals surface area contributed by atoms with Crippen molar-refractivity contribution < 1.29 is 4.42 Å². The molecule has 0 aliphatic carbocycles. The SMILES string of the molecule is Nc1nc(-c2ccc(Br)o2)nc2ccsc12. The first-order valence-electron chi connectivity index (χ1n) is 4.50. The summed E-state index contributed by atoms with van der Waals surface area (Å²) in [6.45, 7) is 0. The van der Waals surface area contributed by atoms with Gasteiger partial charge in [-0.3, -0.25) is 0 Å². The molecule has 0 saturated carbocycles. The van der Waals surface area contributed by atoms with Gasteiger partial charge in [0.2, 0.25) is 0 Å². The van der Waals surface area contributed by atoms with Crippen LogP contribution >= 0.6 is 27.3 Å². The number of hydrogen-bond donors (Lipinski definition) is 1. The number of hydrogen-bond acceptors (Lipinski definition) is 5. The van der Waals surface area contributed by atoms with Crippen LogP contribution in [0.1, 0.15) is 0 Å². The minimum absolute atomic E-state index is 0.488. The Morgan fingerprint density at radius 1 is 1.25 bits per heavy atom. The molecule has 6 heteroatoms. The zero-order valence-corrected chi connectivity index (χ0v) is 10.4. The fourth-order valence-corrected chi connectivity index (χ4v) is 2.47. The van der Waals surface area contributed by atoms with Crippen molar-refractivity contribution in [2.45, 2.75) is 0 Å². The number of nitrogen functional groups attached to an aromatic ring is 1. The number of furan rings is 1. The molecule has 2 N–H and O–H groups in total. The largest absolute Gasteiger partial charge is 0.446 e. The van der Waals surface area contributed by atoms with Crippen LogP contribution < -0.4 is 5.73 Å². The molecule has 0 bridgehead atoms. The highest BCUT2D eigenvalue weighted by Gasteiger charge is 2.10. The molecule has 3 aromatic rings. The summed E-state index contributed by atoms with van der Waals surface area (Å²) in [7, 11) is 0. The van der Waals surface area contributed by atoms with Crippen LogP contribution in [-0.2, 0) is 0 Å². The van der Waals surface area contributed by atoms with Gasteiger partial charge >= 0.3 is 0 Å². The van der Waals surface area contributed by atoms with Gasteiger partial charge in [0.15, 0.2) is 16.3 Å². The molecule has 0 aliphatic heterocycles. The molecule has 16 heavy (non-hydrogen) atoms. The third-order valence-electron chi connectivity index (χ3n) is 2.12. The molecule has 0 amide bonds. The molecule has 80 valence electrons. The highest BCUT2D eigenvalue weighted by molar-refractivity contribution is 9.10. The summed E-state index contributed by atoms with van der Waals surface area (Å²) in [6, 6.07) is 5.52. The van der Waals surface area contributed by atoms with Gasteiger partial charge in [0.1, 0.15) is 5.82 Å². The summed E-state index contributed by atoms with van der Waals surface area (Å²) in [5.41, 5.74) is 6.70. The number of anilines is 1. The fourth-order valence-electron chi connectivity index (χ4n) is 1.43. The Kier molecular flexibility index (Phi) is 2.19. The Morgan fingerprint density at radius 2 is 2.12 bits per heavy atom. The first kappa shape index (κ1) is 9.80. The Balaban J connectivity index is 2.24. The smallest absolute Gasteiger partial charge is 0.198 e. The lowest BCUT2D eigenvalue weighted by Gasteiger charge is -1.98. The van der Waals surface area contributed by atoms with E-state index in [4.69, 9.17) is 10.2 Å². The van der Waals surface area contributed by atoms with Crippen LogP contribution in [0.4, 0.5) is 5.82 Å². The Morgan fingerprint density at radius 3 is 2.88 bits per heavy atom. The second kappa shape index (κ2) is 3.57. The number of rotatable bonds is 1. The van der Waals surface area contributed by atoms with Crippen LogP contribution in [0.5, 0.6) is 0 Å². The molecule has 3 heterocycles. The van der Waals surface area contributed by atoms with Gasteiger partial charge in [-0.05, 0) is 39.5 Å².